The third-order valence-corrected chi connectivity index (χ3v) is 3.19. The Balaban J connectivity index is 2.56. The maximum Gasteiger partial charge on any atom is 0.330 e. The summed E-state index contributed by atoms with van der Waals surface area (Å²) in [5.41, 5.74) is 3.88. The SMILES string of the molecule is Nc1c(N=O)c(=O)[nH]c(=O)n1C1CCCCC1. The van der Waals surface area contributed by atoms with E-state index in [1.165, 1.54) is 4.57 Å². The van der Waals surface area contributed by atoms with Gasteiger partial charge in [0.1, 0.15) is 5.82 Å². The van der Waals surface area contributed by atoms with Gasteiger partial charge in [-0.3, -0.25) is 14.3 Å². The Morgan fingerprint density at radius 3 is 2.47 bits per heavy atom. The van der Waals surface area contributed by atoms with Gasteiger partial charge in [-0.2, -0.15) is 0 Å². The van der Waals surface area contributed by atoms with Crippen LogP contribution in [0, 0.1) is 4.91 Å². The zero-order chi connectivity index (χ0) is 12.4. The average molecular weight is 238 g/mol. The summed E-state index contributed by atoms with van der Waals surface area (Å²) < 4.78 is 1.29. The van der Waals surface area contributed by atoms with Crippen LogP contribution < -0.4 is 17.0 Å². The van der Waals surface area contributed by atoms with Crippen LogP contribution in [0.2, 0.25) is 0 Å². The van der Waals surface area contributed by atoms with Gasteiger partial charge in [0.05, 0.1) is 0 Å². The van der Waals surface area contributed by atoms with Crippen LogP contribution >= 0.6 is 0 Å². The topological polar surface area (TPSA) is 110 Å². The van der Waals surface area contributed by atoms with E-state index >= 15 is 0 Å². The highest BCUT2D eigenvalue weighted by atomic mass is 16.3. The fraction of sp³-hybridized carbons (Fsp3) is 0.600. The predicted molar refractivity (Wildman–Crippen MR) is 63.3 cm³/mol. The van der Waals surface area contributed by atoms with Gasteiger partial charge in [0.15, 0.2) is 0 Å². The summed E-state index contributed by atoms with van der Waals surface area (Å²) in [5.74, 6) is -0.124. The molecule has 17 heavy (non-hydrogen) atoms. The number of rotatable bonds is 2. The molecule has 92 valence electrons. The number of hydrogen-bond acceptors (Lipinski definition) is 5. The number of aromatic amines is 1. The molecule has 1 fully saturated rings. The lowest BCUT2D eigenvalue weighted by atomic mass is 9.95. The van der Waals surface area contributed by atoms with Crippen molar-refractivity contribution < 1.29 is 0 Å². The molecule has 2 rings (SSSR count). The van der Waals surface area contributed by atoms with Crippen LogP contribution in [0.4, 0.5) is 11.5 Å². The van der Waals surface area contributed by atoms with Gasteiger partial charge in [0.2, 0.25) is 5.69 Å². The second-order valence-corrected chi connectivity index (χ2v) is 4.25. The normalized spacial score (nSPS) is 16.9. The number of nitroso groups, excluding NO2 is 1. The maximum absolute atomic E-state index is 11.7. The zero-order valence-electron chi connectivity index (χ0n) is 9.31. The molecule has 1 heterocycles. The Morgan fingerprint density at radius 1 is 1.24 bits per heavy atom. The molecule has 0 aliphatic heterocycles. The molecule has 0 atom stereocenters. The lowest BCUT2D eigenvalue weighted by Gasteiger charge is -2.24. The fourth-order valence-corrected chi connectivity index (χ4v) is 2.35. The summed E-state index contributed by atoms with van der Waals surface area (Å²) in [6, 6.07) is -0.0476. The van der Waals surface area contributed by atoms with Crippen LogP contribution in [0.15, 0.2) is 14.8 Å². The monoisotopic (exact) mass is 238 g/mol. The summed E-state index contributed by atoms with van der Waals surface area (Å²) >= 11 is 0. The van der Waals surface area contributed by atoms with Crippen molar-refractivity contribution in [1.82, 2.24) is 9.55 Å². The lowest BCUT2D eigenvalue weighted by molar-refractivity contribution is 0.346. The quantitative estimate of drug-likeness (QED) is 0.749. The molecule has 7 heteroatoms. The van der Waals surface area contributed by atoms with E-state index in [2.05, 4.69) is 10.2 Å². The highest BCUT2D eigenvalue weighted by Gasteiger charge is 2.21. The number of nitrogens with one attached hydrogen (secondary N) is 1. The van der Waals surface area contributed by atoms with Crippen LogP contribution in [0.25, 0.3) is 0 Å². The second-order valence-electron chi connectivity index (χ2n) is 4.25. The van der Waals surface area contributed by atoms with E-state index in [1.807, 2.05) is 0 Å². The summed E-state index contributed by atoms with van der Waals surface area (Å²) in [5, 5.41) is 2.59. The van der Waals surface area contributed by atoms with E-state index in [4.69, 9.17) is 5.73 Å². The van der Waals surface area contributed by atoms with Crippen LogP contribution in [0.5, 0.6) is 0 Å². The zero-order valence-corrected chi connectivity index (χ0v) is 9.31. The number of anilines is 1. The first kappa shape index (κ1) is 11.6. The highest BCUT2D eigenvalue weighted by molar-refractivity contribution is 5.55. The molecule has 0 spiro atoms. The molecule has 0 aromatic carbocycles. The molecule has 1 aliphatic carbocycles. The second kappa shape index (κ2) is 4.52. The molecular weight excluding hydrogens is 224 g/mol. The van der Waals surface area contributed by atoms with E-state index in [9.17, 15) is 14.5 Å². The van der Waals surface area contributed by atoms with Crippen molar-refractivity contribution in [2.45, 2.75) is 38.1 Å². The van der Waals surface area contributed by atoms with Gasteiger partial charge in [-0.15, -0.1) is 4.91 Å². The molecule has 0 bridgehead atoms. The lowest BCUT2D eigenvalue weighted by Crippen LogP contribution is -2.35. The van der Waals surface area contributed by atoms with Crippen molar-refractivity contribution in [3.8, 4) is 0 Å². The molecule has 1 aliphatic rings. The third kappa shape index (κ3) is 2.00. The molecule has 7 nitrogen and oxygen atoms in total. The Bertz CT molecular complexity index is 539. The number of hydrogen-bond donors (Lipinski definition) is 2. The van der Waals surface area contributed by atoms with Gasteiger partial charge in [0.25, 0.3) is 5.56 Å². The standard InChI is InChI=1S/C10H14N4O3/c11-8-7(13-17)9(15)12-10(16)14(8)6-4-2-1-3-5-6/h6H,1-5,11H2,(H,12,15,16). The highest BCUT2D eigenvalue weighted by Crippen LogP contribution is 2.29. The first-order chi connectivity index (χ1) is 8.15. The van der Waals surface area contributed by atoms with Crippen LogP contribution in [-0.4, -0.2) is 9.55 Å². The first-order valence-electron chi connectivity index (χ1n) is 5.63. The van der Waals surface area contributed by atoms with Gasteiger partial charge >= 0.3 is 5.69 Å². The van der Waals surface area contributed by atoms with Crippen molar-refractivity contribution in [2.24, 2.45) is 5.18 Å². The van der Waals surface area contributed by atoms with Crippen molar-refractivity contribution >= 4 is 11.5 Å². The molecule has 0 saturated heterocycles. The first-order valence-corrected chi connectivity index (χ1v) is 5.63. The summed E-state index contributed by atoms with van der Waals surface area (Å²) in [4.78, 5) is 35.6. The van der Waals surface area contributed by atoms with Gasteiger partial charge in [-0.1, -0.05) is 19.3 Å². The predicted octanol–water partition coefficient (Wildman–Crippen LogP) is 1.02. The van der Waals surface area contributed by atoms with Crippen molar-refractivity contribution in [3.63, 3.8) is 0 Å². The minimum atomic E-state index is -0.824. The van der Waals surface area contributed by atoms with E-state index in [0.717, 1.165) is 32.1 Å². The van der Waals surface area contributed by atoms with Gasteiger partial charge in [-0.25, -0.2) is 4.79 Å². The molecule has 0 unspecified atom stereocenters. The summed E-state index contributed by atoms with van der Waals surface area (Å²) in [6.45, 7) is 0. The van der Waals surface area contributed by atoms with Crippen LogP contribution in [-0.2, 0) is 0 Å². The van der Waals surface area contributed by atoms with Gasteiger partial charge in [-0.05, 0) is 18.0 Å². The van der Waals surface area contributed by atoms with Crippen molar-refractivity contribution in [2.75, 3.05) is 5.73 Å². The molecule has 1 aromatic rings. The van der Waals surface area contributed by atoms with E-state index < -0.39 is 16.9 Å². The number of nitrogens with two attached hydrogens (primary N) is 1. The smallest absolute Gasteiger partial charge is 0.330 e. The summed E-state index contributed by atoms with van der Waals surface area (Å²) in [6.07, 6.45) is 4.81. The molecule has 1 saturated carbocycles. The van der Waals surface area contributed by atoms with Crippen molar-refractivity contribution in [1.29, 1.82) is 0 Å². The third-order valence-electron chi connectivity index (χ3n) is 3.19. The molecular formula is C10H14N4O3. The number of aromatic nitrogens is 2. The molecule has 0 amide bonds. The van der Waals surface area contributed by atoms with E-state index in [-0.39, 0.29) is 11.9 Å². The Hall–Kier alpha value is -1.92. The van der Waals surface area contributed by atoms with E-state index in [0.29, 0.717) is 0 Å². The number of nitrogen functional groups attached to an aromatic ring is 1. The van der Waals surface area contributed by atoms with Gasteiger partial charge in [0, 0.05) is 6.04 Å². The minimum absolute atomic E-state index is 0.0476. The molecule has 3 N–H and O–H groups in total. The Kier molecular flexibility index (Phi) is 3.08. The molecule has 1 aromatic heterocycles. The Labute approximate surface area is 96.6 Å². The van der Waals surface area contributed by atoms with Crippen molar-refractivity contribution in [3.05, 3.63) is 25.7 Å². The van der Waals surface area contributed by atoms with Crippen LogP contribution in [0.1, 0.15) is 38.1 Å². The summed E-state index contributed by atoms with van der Waals surface area (Å²) in [7, 11) is 0. The van der Waals surface area contributed by atoms with Crippen LogP contribution in [0.3, 0.4) is 0 Å². The average Bonchev–Trinajstić information content (AvgIpc) is 2.30. The fourth-order valence-electron chi connectivity index (χ4n) is 2.35. The minimum Gasteiger partial charge on any atom is -0.383 e. The molecule has 0 radical (unpaired) electrons. The maximum atomic E-state index is 11.7. The Morgan fingerprint density at radius 2 is 1.88 bits per heavy atom. The number of H-pyrrole nitrogens is 1. The van der Waals surface area contributed by atoms with Gasteiger partial charge < -0.3 is 5.73 Å². The largest absolute Gasteiger partial charge is 0.383 e. The van der Waals surface area contributed by atoms with E-state index in [1.54, 1.807) is 0 Å². The number of nitrogens with zero attached hydrogens (tertiary/aromatic N) is 2.